The molecule has 0 heterocycles. The number of unbranched alkanes of at least 4 members (excludes halogenated alkanes) is 3. The quantitative estimate of drug-likeness (QED) is 0.322. The van der Waals surface area contributed by atoms with Crippen molar-refractivity contribution in [2.75, 3.05) is 0 Å². The summed E-state index contributed by atoms with van der Waals surface area (Å²) in [5.41, 5.74) is 0. The van der Waals surface area contributed by atoms with Gasteiger partial charge in [0.2, 0.25) is 0 Å². The van der Waals surface area contributed by atoms with Crippen molar-refractivity contribution in [3.05, 3.63) is 24.3 Å². The Bertz CT molecular complexity index is 145. The van der Waals surface area contributed by atoms with Gasteiger partial charge in [0.15, 0.2) is 0 Å². The predicted molar refractivity (Wildman–Crippen MR) is 53.1 cm³/mol. The van der Waals surface area contributed by atoms with Crippen molar-refractivity contribution in [1.29, 1.82) is 0 Å². The van der Waals surface area contributed by atoms with E-state index in [1.807, 2.05) is 12.2 Å². The average Bonchev–Trinajstić information content (AvgIpc) is 2.10. The minimum Gasteiger partial charge on any atom is -0.303 e. The summed E-state index contributed by atoms with van der Waals surface area (Å²) in [4.78, 5) is 9.93. The minimum absolute atomic E-state index is 0.638. The summed E-state index contributed by atoms with van der Waals surface area (Å²) < 4.78 is 0. The highest BCUT2D eigenvalue weighted by Crippen LogP contribution is 1.95. The van der Waals surface area contributed by atoms with Crippen molar-refractivity contribution in [3.8, 4) is 0 Å². The van der Waals surface area contributed by atoms with Crippen LogP contribution in [-0.4, -0.2) is 6.29 Å². The lowest BCUT2D eigenvalue weighted by atomic mass is 10.2. The second kappa shape index (κ2) is 10.2. The summed E-state index contributed by atoms with van der Waals surface area (Å²) in [6.45, 7) is 2.19. The molecule has 0 saturated heterocycles. The normalized spacial score (nSPS) is 11.4. The molecular formula is C11H18O. The molecule has 12 heavy (non-hydrogen) atoms. The molecule has 0 aliphatic heterocycles. The first-order chi connectivity index (χ1) is 5.91. The molecule has 0 unspecified atom stereocenters. The summed E-state index contributed by atoms with van der Waals surface area (Å²) >= 11 is 0. The molecule has 0 aromatic rings. The van der Waals surface area contributed by atoms with Crippen molar-refractivity contribution in [1.82, 2.24) is 0 Å². The lowest BCUT2D eigenvalue weighted by molar-refractivity contribution is -0.107. The minimum atomic E-state index is 0.638. The Morgan fingerprint density at radius 1 is 1.00 bits per heavy atom. The summed E-state index contributed by atoms with van der Waals surface area (Å²) in [6, 6.07) is 0. The van der Waals surface area contributed by atoms with E-state index in [2.05, 4.69) is 19.1 Å². The molecule has 0 spiro atoms. The highest BCUT2D eigenvalue weighted by molar-refractivity contribution is 5.49. The highest BCUT2D eigenvalue weighted by atomic mass is 16.1. The van der Waals surface area contributed by atoms with Crippen LogP contribution in [0.3, 0.4) is 0 Å². The lowest BCUT2D eigenvalue weighted by Crippen LogP contribution is -1.69. The van der Waals surface area contributed by atoms with Crippen LogP contribution in [0.4, 0.5) is 0 Å². The van der Waals surface area contributed by atoms with Crippen LogP contribution in [0.15, 0.2) is 24.3 Å². The predicted octanol–water partition coefficient (Wildman–Crippen LogP) is 3.27. The second-order valence-corrected chi connectivity index (χ2v) is 2.74. The number of hydrogen-bond acceptors (Lipinski definition) is 1. The Kier molecular flexibility index (Phi) is 9.43. The fourth-order valence-corrected chi connectivity index (χ4v) is 0.836. The molecule has 0 aromatic heterocycles. The second-order valence-electron chi connectivity index (χ2n) is 2.74. The molecular weight excluding hydrogens is 148 g/mol. The Morgan fingerprint density at radius 2 is 1.67 bits per heavy atom. The molecule has 0 saturated carbocycles. The maximum absolute atomic E-state index is 9.93. The molecule has 0 N–H and O–H groups in total. The summed E-state index contributed by atoms with van der Waals surface area (Å²) in [6.07, 6.45) is 14.4. The van der Waals surface area contributed by atoms with Crippen molar-refractivity contribution in [3.63, 3.8) is 0 Å². The van der Waals surface area contributed by atoms with Gasteiger partial charge in [-0.2, -0.15) is 0 Å². The fraction of sp³-hybridized carbons (Fsp3) is 0.545. The van der Waals surface area contributed by atoms with Gasteiger partial charge >= 0.3 is 0 Å². The molecule has 0 aliphatic rings. The molecule has 68 valence electrons. The average molecular weight is 166 g/mol. The summed E-state index contributed by atoms with van der Waals surface area (Å²) in [5, 5.41) is 0. The van der Waals surface area contributed by atoms with Crippen molar-refractivity contribution >= 4 is 6.29 Å². The fourth-order valence-electron chi connectivity index (χ4n) is 0.836. The van der Waals surface area contributed by atoms with E-state index in [1.165, 1.54) is 12.8 Å². The number of rotatable bonds is 7. The smallest absolute Gasteiger partial charge is 0.120 e. The molecule has 0 fully saturated rings. The number of carbonyl (C=O) groups excluding carboxylic acids is 1. The van der Waals surface area contributed by atoms with Gasteiger partial charge in [0.05, 0.1) is 0 Å². The van der Waals surface area contributed by atoms with Crippen LogP contribution >= 0.6 is 0 Å². The standard InChI is InChI=1S/C11H18O/c1-2-3-4-5-6-7-8-9-10-11-12/h5-8,11H,2-4,9-10H2,1H3/b6-5-,8-7+. The molecule has 0 bridgehead atoms. The van der Waals surface area contributed by atoms with Gasteiger partial charge in [-0.15, -0.1) is 0 Å². The van der Waals surface area contributed by atoms with Crippen LogP contribution in [0.1, 0.15) is 39.0 Å². The zero-order valence-corrected chi connectivity index (χ0v) is 7.83. The van der Waals surface area contributed by atoms with Crippen molar-refractivity contribution in [2.24, 2.45) is 0 Å². The molecule has 1 nitrogen and oxygen atoms in total. The SMILES string of the molecule is CCCC/C=C\C=C\CCC=O. The third-order valence-electron chi connectivity index (χ3n) is 1.56. The van der Waals surface area contributed by atoms with Crippen molar-refractivity contribution in [2.45, 2.75) is 39.0 Å². The molecule has 0 aliphatic carbocycles. The first kappa shape index (κ1) is 11.2. The van der Waals surface area contributed by atoms with Crippen LogP contribution in [0, 0.1) is 0 Å². The number of carbonyl (C=O) groups is 1. The lowest BCUT2D eigenvalue weighted by Gasteiger charge is -1.85. The Labute approximate surface area is 75.2 Å². The van der Waals surface area contributed by atoms with Gasteiger partial charge in [0, 0.05) is 6.42 Å². The van der Waals surface area contributed by atoms with Gasteiger partial charge in [-0.3, -0.25) is 0 Å². The number of aldehydes is 1. The van der Waals surface area contributed by atoms with Crippen LogP contribution in [0.5, 0.6) is 0 Å². The van der Waals surface area contributed by atoms with Crippen molar-refractivity contribution < 1.29 is 4.79 Å². The van der Waals surface area contributed by atoms with Gasteiger partial charge in [-0.05, 0) is 12.8 Å². The number of hydrogen-bond donors (Lipinski definition) is 0. The Balaban J connectivity index is 3.20. The van der Waals surface area contributed by atoms with Gasteiger partial charge in [-0.25, -0.2) is 0 Å². The summed E-state index contributed by atoms with van der Waals surface area (Å²) in [5.74, 6) is 0. The van der Waals surface area contributed by atoms with E-state index in [-0.39, 0.29) is 0 Å². The van der Waals surface area contributed by atoms with E-state index in [0.717, 1.165) is 19.1 Å². The van der Waals surface area contributed by atoms with Crippen LogP contribution in [-0.2, 0) is 4.79 Å². The van der Waals surface area contributed by atoms with Gasteiger partial charge in [0.1, 0.15) is 6.29 Å². The Morgan fingerprint density at radius 3 is 2.25 bits per heavy atom. The zero-order chi connectivity index (χ0) is 9.07. The first-order valence-electron chi connectivity index (χ1n) is 4.67. The van der Waals surface area contributed by atoms with E-state index < -0.39 is 0 Å². The number of allylic oxidation sites excluding steroid dienone is 4. The molecule has 0 aromatic carbocycles. The maximum Gasteiger partial charge on any atom is 0.120 e. The van der Waals surface area contributed by atoms with Crippen LogP contribution in [0.25, 0.3) is 0 Å². The molecule has 1 heteroatoms. The monoisotopic (exact) mass is 166 g/mol. The van der Waals surface area contributed by atoms with E-state index in [1.54, 1.807) is 0 Å². The van der Waals surface area contributed by atoms with Gasteiger partial charge < -0.3 is 4.79 Å². The van der Waals surface area contributed by atoms with E-state index in [4.69, 9.17) is 0 Å². The van der Waals surface area contributed by atoms with E-state index >= 15 is 0 Å². The van der Waals surface area contributed by atoms with Crippen LogP contribution in [0.2, 0.25) is 0 Å². The molecule has 0 amide bonds. The third kappa shape index (κ3) is 9.15. The third-order valence-corrected chi connectivity index (χ3v) is 1.56. The van der Waals surface area contributed by atoms with E-state index in [0.29, 0.717) is 6.42 Å². The largest absolute Gasteiger partial charge is 0.303 e. The van der Waals surface area contributed by atoms with Crippen LogP contribution < -0.4 is 0 Å². The molecule has 0 atom stereocenters. The highest BCUT2D eigenvalue weighted by Gasteiger charge is 1.76. The molecule has 0 radical (unpaired) electrons. The topological polar surface area (TPSA) is 17.1 Å². The Hall–Kier alpha value is -0.850. The van der Waals surface area contributed by atoms with Gasteiger partial charge in [-0.1, -0.05) is 44.1 Å². The first-order valence-corrected chi connectivity index (χ1v) is 4.67. The van der Waals surface area contributed by atoms with E-state index in [9.17, 15) is 4.79 Å². The molecule has 0 rings (SSSR count). The van der Waals surface area contributed by atoms with Gasteiger partial charge in [0.25, 0.3) is 0 Å². The zero-order valence-electron chi connectivity index (χ0n) is 7.83. The maximum atomic E-state index is 9.93. The summed E-state index contributed by atoms with van der Waals surface area (Å²) in [7, 11) is 0.